The van der Waals surface area contributed by atoms with Gasteiger partial charge in [0.2, 0.25) is 0 Å². The molecule has 5 heteroatoms. The van der Waals surface area contributed by atoms with E-state index in [-0.39, 0.29) is 12.6 Å². The molecule has 0 aliphatic carbocycles. The molecular weight excluding hydrogens is 218 g/mol. The van der Waals surface area contributed by atoms with Crippen molar-refractivity contribution in [2.45, 2.75) is 25.9 Å². The first kappa shape index (κ1) is 12.5. The summed E-state index contributed by atoms with van der Waals surface area (Å²) in [5.41, 5.74) is 2.32. The first-order chi connectivity index (χ1) is 8.24. The molecule has 0 saturated carbocycles. The molecule has 2 heterocycles. The first-order valence-electron chi connectivity index (χ1n) is 6.19. The Labute approximate surface area is 102 Å². The lowest BCUT2D eigenvalue weighted by molar-refractivity contribution is -0.0321. The third kappa shape index (κ3) is 2.86. The summed E-state index contributed by atoms with van der Waals surface area (Å²) in [6.07, 6.45) is 0.959. The smallest absolute Gasteiger partial charge is 0.0645 e. The zero-order valence-electron chi connectivity index (χ0n) is 10.6. The zero-order valence-corrected chi connectivity index (χ0v) is 10.6. The third-order valence-electron chi connectivity index (χ3n) is 3.31. The first-order valence-corrected chi connectivity index (χ1v) is 6.19. The van der Waals surface area contributed by atoms with Gasteiger partial charge in [-0.25, -0.2) is 0 Å². The van der Waals surface area contributed by atoms with Gasteiger partial charge < -0.3 is 9.84 Å². The van der Waals surface area contributed by atoms with Crippen LogP contribution in [0, 0.1) is 0 Å². The van der Waals surface area contributed by atoms with Gasteiger partial charge in [-0.1, -0.05) is 6.92 Å². The highest BCUT2D eigenvalue weighted by molar-refractivity contribution is 5.10. The molecular formula is C12H21N3O2. The maximum Gasteiger partial charge on any atom is 0.0645 e. The van der Waals surface area contributed by atoms with E-state index in [9.17, 15) is 5.11 Å². The van der Waals surface area contributed by atoms with Gasteiger partial charge in [-0.15, -0.1) is 0 Å². The van der Waals surface area contributed by atoms with Gasteiger partial charge in [0.25, 0.3) is 0 Å². The SMILES string of the molecule is CCc1cc(CN2CCOCC2CO)n(C)n1. The van der Waals surface area contributed by atoms with Crippen molar-refractivity contribution in [2.24, 2.45) is 7.05 Å². The number of morpholine rings is 1. The van der Waals surface area contributed by atoms with Crippen LogP contribution in [-0.4, -0.2) is 52.2 Å². The average Bonchev–Trinajstić information content (AvgIpc) is 2.71. The van der Waals surface area contributed by atoms with Crippen molar-refractivity contribution < 1.29 is 9.84 Å². The summed E-state index contributed by atoms with van der Waals surface area (Å²) in [7, 11) is 1.98. The Morgan fingerprint density at radius 2 is 2.41 bits per heavy atom. The molecule has 1 saturated heterocycles. The molecule has 1 fully saturated rings. The Balaban J connectivity index is 2.05. The van der Waals surface area contributed by atoms with E-state index in [4.69, 9.17) is 4.74 Å². The molecule has 17 heavy (non-hydrogen) atoms. The summed E-state index contributed by atoms with van der Waals surface area (Å²) in [5, 5.41) is 13.8. The fraction of sp³-hybridized carbons (Fsp3) is 0.750. The van der Waals surface area contributed by atoms with Crippen molar-refractivity contribution in [1.29, 1.82) is 0 Å². The summed E-state index contributed by atoms with van der Waals surface area (Å²) in [6.45, 7) is 5.33. The molecule has 0 aromatic carbocycles. The fourth-order valence-corrected chi connectivity index (χ4v) is 2.17. The lowest BCUT2D eigenvalue weighted by atomic mass is 10.2. The van der Waals surface area contributed by atoms with Gasteiger partial charge in [-0.05, 0) is 12.5 Å². The van der Waals surface area contributed by atoms with Crippen LogP contribution in [0.1, 0.15) is 18.3 Å². The van der Waals surface area contributed by atoms with Crippen LogP contribution < -0.4 is 0 Å². The quantitative estimate of drug-likeness (QED) is 0.814. The average molecular weight is 239 g/mol. The van der Waals surface area contributed by atoms with E-state index >= 15 is 0 Å². The molecule has 5 nitrogen and oxygen atoms in total. The van der Waals surface area contributed by atoms with Gasteiger partial charge in [-0.2, -0.15) is 5.10 Å². The van der Waals surface area contributed by atoms with Crippen LogP contribution in [0.2, 0.25) is 0 Å². The van der Waals surface area contributed by atoms with Crippen LogP contribution >= 0.6 is 0 Å². The van der Waals surface area contributed by atoms with Gasteiger partial charge in [-0.3, -0.25) is 9.58 Å². The van der Waals surface area contributed by atoms with E-state index in [2.05, 4.69) is 23.0 Å². The van der Waals surface area contributed by atoms with Gasteiger partial charge in [0, 0.05) is 20.1 Å². The normalized spacial score (nSPS) is 21.9. The molecule has 1 unspecified atom stereocenters. The van der Waals surface area contributed by atoms with Gasteiger partial charge in [0.1, 0.15) is 0 Å². The second-order valence-electron chi connectivity index (χ2n) is 4.49. The van der Waals surface area contributed by atoms with Crippen LogP contribution in [0.5, 0.6) is 0 Å². The highest BCUT2D eigenvalue weighted by atomic mass is 16.5. The van der Waals surface area contributed by atoms with E-state index in [0.717, 1.165) is 31.8 Å². The molecule has 2 rings (SSSR count). The van der Waals surface area contributed by atoms with Crippen LogP contribution in [0.3, 0.4) is 0 Å². The summed E-state index contributed by atoms with van der Waals surface area (Å²) in [6, 6.07) is 2.26. The Kier molecular flexibility index (Phi) is 4.15. The van der Waals surface area contributed by atoms with Gasteiger partial charge >= 0.3 is 0 Å². The number of aliphatic hydroxyl groups is 1. The summed E-state index contributed by atoms with van der Waals surface area (Å²) >= 11 is 0. The molecule has 96 valence electrons. The molecule has 1 aliphatic heterocycles. The lowest BCUT2D eigenvalue weighted by Gasteiger charge is -2.34. The second-order valence-corrected chi connectivity index (χ2v) is 4.49. The molecule has 0 amide bonds. The number of aromatic nitrogens is 2. The summed E-state index contributed by atoms with van der Waals surface area (Å²) in [4.78, 5) is 2.26. The summed E-state index contributed by atoms with van der Waals surface area (Å²) < 4.78 is 7.31. The van der Waals surface area contributed by atoms with Crippen LogP contribution in [-0.2, 0) is 24.8 Å². The van der Waals surface area contributed by atoms with Crippen molar-refractivity contribution in [3.8, 4) is 0 Å². The Bertz CT molecular complexity index is 365. The molecule has 0 spiro atoms. The van der Waals surface area contributed by atoms with Gasteiger partial charge in [0.05, 0.1) is 37.3 Å². The molecule has 1 N–H and O–H groups in total. The molecule has 1 aromatic rings. The Morgan fingerprint density at radius 3 is 3.06 bits per heavy atom. The predicted molar refractivity (Wildman–Crippen MR) is 64.7 cm³/mol. The maximum absolute atomic E-state index is 9.32. The minimum Gasteiger partial charge on any atom is -0.395 e. The van der Waals surface area contributed by atoms with E-state index in [1.54, 1.807) is 0 Å². The van der Waals surface area contributed by atoms with Crippen molar-refractivity contribution in [1.82, 2.24) is 14.7 Å². The molecule has 1 atom stereocenters. The minimum atomic E-state index is 0.115. The van der Waals surface area contributed by atoms with Crippen LogP contribution in [0.4, 0.5) is 0 Å². The largest absolute Gasteiger partial charge is 0.395 e. The highest BCUT2D eigenvalue weighted by Gasteiger charge is 2.23. The summed E-state index contributed by atoms with van der Waals surface area (Å²) in [5.74, 6) is 0. The van der Waals surface area contributed by atoms with E-state index in [1.807, 2.05) is 11.7 Å². The van der Waals surface area contributed by atoms with Crippen molar-refractivity contribution in [3.05, 3.63) is 17.5 Å². The predicted octanol–water partition coefficient (Wildman–Crippen LogP) is 0.176. The molecule has 1 aromatic heterocycles. The maximum atomic E-state index is 9.32. The number of nitrogens with zero attached hydrogens (tertiary/aromatic N) is 3. The zero-order chi connectivity index (χ0) is 12.3. The number of aryl methyl sites for hydroxylation is 2. The van der Waals surface area contributed by atoms with E-state index < -0.39 is 0 Å². The van der Waals surface area contributed by atoms with Crippen molar-refractivity contribution in [2.75, 3.05) is 26.4 Å². The topological polar surface area (TPSA) is 50.5 Å². The van der Waals surface area contributed by atoms with E-state index in [0.29, 0.717) is 6.61 Å². The number of aliphatic hydroxyl groups excluding tert-OH is 1. The lowest BCUT2D eigenvalue weighted by Crippen LogP contribution is -2.47. The second kappa shape index (κ2) is 5.62. The number of rotatable bonds is 4. The van der Waals surface area contributed by atoms with Crippen LogP contribution in [0.25, 0.3) is 0 Å². The van der Waals surface area contributed by atoms with Gasteiger partial charge in [0.15, 0.2) is 0 Å². The Hall–Kier alpha value is -0.910. The molecule has 0 bridgehead atoms. The third-order valence-corrected chi connectivity index (χ3v) is 3.31. The molecule has 0 radical (unpaired) electrons. The molecule has 1 aliphatic rings. The number of hydrogen-bond acceptors (Lipinski definition) is 4. The monoisotopic (exact) mass is 239 g/mol. The standard InChI is InChI=1S/C12H21N3O2/c1-3-10-6-11(14(2)13-10)7-15-4-5-17-9-12(15)8-16/h6,12,16H,3-5,7-9H2,1-2H3. The Morgan fingerprint density at radius 1 is 1.59 bits per heavy atom. The minimum absolute atomic E-state index is 0.115. The van der Waals surface area contributed by atoms with Crippen LogP contribution in [0.15, 0.2) is 6.07 Å². The van der Waals surface area contributed by atoms with Crippen molar-refractivity contribution in [3.63, 3.8) is 0 Å². The number of ether oxygens (including phenoxy) is 1. The van der Waals surface area contributed by atoms with Crippen molar-refractivity contribution >= 4 is 0 Å². The fourth-order valence-electron chi connectivity index (χ4n) is 2.17. The number of hydrogen-bond donors (Lipinski definition) is 1. The highest BCUT2D eigenvalue weighted by Crippen LogP contribution is 2.13. The van der Waals surface area contributed by atoms with E-state index in [1.165, 1.54) is 5.69 Å².